The van der Waals surface area contributed by atoms with E-state index in [2.05, 4.69) is 4.72 Å². The van der Waals surface area contributed by atoms with Crippen LogP contribution in [0.5, 0.6) is 0 Å². The lowest BCUT2D eigenvalue weighted by Crippen LogP contribution is -2.48. The number of halogens is 2. The second-order valence-corrected chi connectivity index (χ2v) is 6.14. The molecule has 0 fully saturated rings. The normalized spacial score (nSPS) is 15.2. The van der Waals surface area contributed by atoms with Crippen molar-refractivity contribution in [3.05, 3.63) is 23.8 Å². The first-order chi connectivity index (χ1) is 8.65. The van der Waals surface area contributed by atoms with E-state index in [1.807, 2.05) is 0 Å². The molecule has 1 unspecified atom stereocenters. The monoisotopic (exact) mass is 294 g/mol. The molecule has 0 aliphatic rings. The number of rotatable bonds is 5. The Bertz CT molecular complexity index is 572. The van der Waals surface area contributed by atoms with E-state index in [1.54, 1.807) is 6.92 Å². The molecule has 1 aromatic rings. The Labute approximate surface area is 110 Å². The third-order valence-electron chi connectivity index (χ3n) is 2.82. The number of anilines is 1. The van der Waals surface area contributed by atoms with Gasteiger partial charge in [0.2, 0.25) is 10.0 Å². The van der Waals surface area contributed by atoms with E-state index in [9.17, 15) is 17.2 Å². The molecule has 0 spiro atoms. The summed E-state index contributed by atoms with van der Waals surface area (Å²) in [5, 5.41) is 9.15. The maximum absolute atomic E-state index is 13.5. The van der Waals surface area contributed by atoms with Crippen LogP contribution in [0.15, 0.2) is 17.0 Å². The number of aliphatic hydroxyl groups is 1. The molecule has 4 N–H and O–H groups in total. The average Bonchev–Trinajstić information content (AvgIpc) is 2.32. The van der Waals surface area contributed by atoms with Gasteiger partial charge in [0.05, 0.1) is 12.1 Å². The summed E-state index contributed by atoms with van der Waals surface area (Å²) in [7, 11) is -4.32. The van der Waals surface area contributed by atoms with Gasteiger partial charge in [0.1, 0.15) is 4.90 Å². The Kier molecular flexibility index (Phi) is 4.49. The number of sulfonamides is 1. The molecular formula is C11H16F2N2O3S. The number of aliphatic hydroxyl groups excluding tert-OH is 1. The summed E-state index contributed by atoms with van der Waals surface area (Å²) in [6, 6.07) is 1.52. The van der Waals surface area contributed by atoms with E-state index < -0.39 is 38.7 Å². The number of hydrogen-bond acceptors (Lipinski definition) is 4. The topological polar surface area (TPSA) is 92.4 Å². The van der Waals surface area contributed by atoms with Crippen molar-refractivity contribution in [2.45, 2.75) is 30.7 Å². The number of hydrogen-bond donors (Lipinski definition) is 3. The van der Waals surface area contributed by atoms with Crippen molar-refractivity contribution in [1.29, 1.82) is 0 Å². The van der Waals surface area contributed by atoms with Crippen molar-refractivity contribution in [3.63, 3.8) is 0 Å². The van der Waals surface area contributed by atoms with Gasteiger partial charge in [0.15, 0.2) is 11.6 Å². The summed E-state index contributed by atoms with van der Waals surface area (Å²) in [6.07, 6.45) is 0.273. The first kappa shape index (κ1) is 15.8. The Morgan fingerprint density at radius 1 is 1.42 bits per heavy atom. The van der Waals surface area contributed by atoms with Crippen LogP contribution in [0, 0.1) is 11.6 Å². The highest BCUT2D eigenvalue weighted by atomic mass is 32.2. The minimum atomic E-state index is -4.32. The van der Waals surface area contributed by atoms with Gasteiger partial charge in [-0.15, -0.1) is 0 Å². The summed E-state index contributed by atoms with van der Waals surface area (Å²) in [5.41, 5.74) is 3.94. The van der Waals surface area contributed by atoms with Crippen LogP contribution in [0.2, 0.25) is 0 Å². The van der Waals surface area contributed by atoms with Gasteiger partial charge in [-0.2, -0.15) is 0 Å². The molecule has 0 bridgehead atoms. The number of benzene rings is 1. The van der Waals surface area contributed by atoms with E-state index in [0.29, 0.717) is 6.07 Å². The molecule has 0 aliphatic heterocycles. The van der Waals surface area contributed by atoms with Crippen LogP contribution < -0.4 is 10.5 Å². The van der Waals surface area contributed by atoms with Crippen molar-refractivity contribution in [2.75, 3.05) is 12.3 Å². The number of nitrogen functional groups attached to an aromatic ring is 1. The molecular weight excluding hydrogens is 278 g/mol. The molecule has 19 heavy (non-hydrogen) atoms. The lowest BCUT2D eigenvalue weighted by Gasteiger charge is -2.26. The Morgan fingerprint density at radius 2 is 2.00 bits per heavy atom. The fourth-order valence-corrected chi connectivity index (χ4v) is 2.97. The van der Waals surface area contributed by atoms with E-state index in [1.165, 1.54) is 6.92 Å². The van der Waals surface area contributed by atoms with Crippen LogP contribution >= 0.6 is 0 Å². The fourth-order valence-electron chi connectivity index (χ4n) is 1.37. The van der Waals surface area contributed by atoms with Gasteiger partial charge >= 0.3 is 0 Å². The van der Waals surface area contributed by atoms with Crippen LogP contribution in [-0.2, 0) is 10.0 Å². The van der Waals surface area contributed by atoms with E-state index in [4.69, 9.17) is 10.8 Å². The van der Waals surface area contributed by atoms with Crippen molar-refractivity contribution < 1.29 is 22.3 Å². The van der Waals surface area contributed by atoms with Crippen LogP contribution in [0.1, 0.15) is 20.3 Å². The van der Waals surface area contributed by atoms with Gasteiger partial charge in [-0.25, -0.2) is 21.9 Å². The minimum absolute atomic E-state index is 0.207. The summed E-state index contributed by atoms with van der Waals surface area (Å²) in [5.74, 6) is -2.85. The molecule has 0 heterocycles. The van der Waals surface area contributed by atoms with Crippen LogP contribution in [-0.4, -0.2) is 25.7 Å². The average molecular weight is 294 g/mol. The molecule has 0 saturated carbocycles. The molecule has 0 amide bonds. The van der Waals surface area contributed by atoms with Gasteiger partial charge < -0.3 is 10.8 Å². The van der Waals surface area contributed by atoms with E-state index in [0.717, 1.165) is 6.07 Å². The summed E-state index contributed by atoms with van der Waals surface area (Å²) >= 11 is 0. The highest BCUT2D eigenvalue weighted by Gasteiger charge is 2.31. The highest BCUT2D eigenvalue weighted by molar-refractivity contribution is 7.89. The Balaban J connectivity index is 3.29. The number of nitrogens with one attached hydrogen (secondary N) is 1. The largest absolute Gasteiger partial charge is 0.399 e. The maximum atomic E-state index is 13.5. The van der Waals surface area contributed by atoms with E-state index >= 15 is 0 Å². The van der Waals surface area contributed by atoms with Crippen molar-refractivity contribution in [3.8, 4) is 0 Å². The van der Waals surface area contributed by atoms with Crippen LogP contribution in [0.3, 0.4) is 0 Å². The second-order valence-electron chi connectivity index (χ2n) is 4.49. The van der Waals surface area contributed by atoms with Crippen LogP contribution in [0.4, 0.5) is 14.5 Å². The molecule has 0 radical (unpaired) electrons. The Morgan fingerprint density at radius 3 is 2.47 bits per heavy atom. The maximum Gasteiger partial charge on any atom is 0.244 e. The van der Waals surface area contributed by atoms with Crippen molar-refractivity contribution >= 4 is 15.7 Å². The first-order valence-corrected chi connectivity index (χ1v) is 7.03. The molecule has 1 aromatic carbocycles. The zero-order chi connectivity index (χ0) is 14.8. The molecule has 1 atom stereocenters. The summed E-state index contributed by atoms with van der Waals surface area (Å²) in [6.45, 7) is 2.62. The highest BCUT2D eigenvalue weighted by Crippen LogP contribution is 2.23. The zero-order valence-corrected chi connectivity index (χ0v) is 11.4. The van der Waals surface area contributed by atoms with Crippen molar-refractivity contribution in [2.24, 2.45) is 0 Å². The predicted octanol–water partition coefficient (Wildman–Crippen LogP) is 0.986. The fraction of sp³-hybridized carbons (Fsp3) is 0.455. The molecule has 1 rings (SSSR count). The minimum Gasteiger partial charge on any atom is -0.399 e. The van der Waals surface area contributed by atoms with Gasteiger partial charge in [-0.05, 0) is 25.5 Å². The second kappa shape index (κ2) is 5.40. The quantitative estimate of drug-likeness (QED) is 0.706. The summed E-state index contributed by atoms with van der Waals surface area (Å²) in [4.78, 5) is -0.877. The lowest BCUT2D eigenvalue weighted by atomic mass is 10.0. The first-order valence-electron chi connectivity index (χ1n) is 5.54. The predicted molar refractivity (Wildman–Crippen MR) is 66.9 cm³/mol. The van der Waals surface area contributed by atoms with Gasteiger partial charge in [0, 0.05) is 5.69 Å². The summed E-state index contributed by atoms with van der Waals surface area (Å²) < 4.78 is 52.9. The molecule has 0 aliphatic carbocycles. The molecule has 0 aromatic heterocycles. The molecule has 108 valence electrons. The molecule has 5 nitrogen and oxygen atoms in total. The third-order valence-corrected chi connectivity index (χ3v) is 4.45. The standard InChI is InChI=1S/C11H16F2N2O3S/c1-3-11(2,6-16)15-19(17,18)9-5-7(14)4-8(12)10(9)13/h4-5,15-16H,3,6,14H2,1-2H3. The van der Waals surface area contributed by atoms with E-state index in [-0.39, 0.29) is 12.1 Å². The third kappa shape index (κ3) is 3.40. The van der Waals surface area contributed by atoms with Gasteiger partial charge in [-0.1, -0.05) is 6.92 Å². The SMILES string of the molecule is CCC(C)(CO)NS(=O)(=O)c1cc(N)cc(F)c1F. The van der Waals surface area contributed by atoms with Crippen LogP contribution in [0.25, 0.3) is 0 Å². The van der Waals surface area contributed by atoms with Gasteiger partial charge in [-0.3, -0.25) is 0 Å². The van der Waals surface area contributed by atoms with Gasteiger partial charge in [0.25, 0.3) is 0 Å². The number of nitrogens with two attached hydrogens (primary N) is 1. The van der Waals surface area contributed by atoms with Crippen molar-refractivity contribution in [1.82, 2.24) is 4.72 Å². The molecule has 0 saturated heterocycles. The smallest absolute Gasteiger partial charge is 0.244 e. The lowest BCUT2D eigenvalue weighted by molar-refractivity contribution is 0.191. The molecule has 8 heteroatoms. The Hall–Kier alpha value is -1.25. The zero-order valence-electron chi connectivity index (χ0n) is 10.6.